The number of hydrogen-bond acceptors (Lipinski definition) is 3. The highest BCUT2D eigenvalue weighted by Crippen LogP contribution is 2.74. The second-order valence-corrected chi connectivity index (χ2v) is 14.5. The van der Waals surface area contributed by atoms with Crippen molar-refractivity contribution in [3.8, 4) is 0 Å². The van der Waals surface area contributed by atoms with Crippen molar-refractivity contribution in [2.45, 2.75) is 87.0 Å². The van der Waals surface area contributed by atoms with Crippen LogP contribution < -0.4 is 5.32 Å². The fraction of sp³-hybridized carbons (Fsp3) is 0.781. The van der Waals surface area contributed by atoms with Gasteiger partial charge in [-0.1, -0.05) is 60.1 Å². The third-order valence-corrected chi connectivity index (χ3v) is 12.9. The van der Waals surface area contributed by atoms with E-state index in [1.807, 2.05) is 26.0 Å². The standard InChI is InChI=1S/C32H46N2O2/c1-19-10-13-32(18-33-8)15-14-31(7)26(25(32)20(19)2)22(35)16-24-29(5)17-21(34-9)27(36)28(3,4)23(29)11-12-30(24,31)6/h16-17,19-20,23,25-26,33H,10-15,18H2,1-8H3/t19-,20+,23+,25+,26-,29+,30-,31-,32-/m1/s1. The van der Waals surface area contributed by atoms with E-state index in [0.717, 1.165) is 25.8 Å². The van der Waals surface area contributed by atoms with E-state index in [9.17, 15) is 9.59 Å². The molecule has 0 aromatic carbocycles. The summed E-state index contributed by atoms with van der Waals surface area (Å²) in [5, 5.41) is 3.52. The number of rotatable bonds is 2. The first-order valence-electron chi connectivity index (χ1n) is 14.3. The van der Waals surface area contributed by atoms with E-state index in [1.165, 1.54) is 24.8 Å². The third kappa shape index (κ3) is 2.96. The van der Waals surface area contributed by atoms with Crippen LogP contribution in [0.4, 0.5) is 0 Å². The number of nitrogens with zero attached hydrogens (tertiary/aromatic N) is 1. The van der Waals surface area contributed by atoms with E-state index in [-0.39, 0.29) is 39.6 Å². The molecule has 0 unspecified atom stereocenters. The summed E-state index contributed by atoms with van der Waals surface area (Å²) in [4.78, 5) is 31.3. The van der Waals surface area contributed by atoms with Gasteiger partial charge in [0, 0.05) is 23.3 Å². The highest BCUT2D eigenvalue weighted by Gasteiger charge is 2.69. The first kappa shape index (κ1) is 25.9. The molecule has 0 heterocycles. The molecule has 1 N–H and O–H groups in total. The molecular formula is C32H46N2O2. The van der Waals surface area contributed by atoms with Crippen LogP contribution in [-0.2, 0) is 9.59 Å². The van der Waals surface area contributed by atoms with Gasteiger partial charge in [-0.25, -0.2) is 4.85 Å². The van der Waals surface area contributed by atoms with Crippen LogP contribution in [0.5, 0.6) is 0 Å². The van der Waals surface area contributed by atoms with Crippen molar-refractivity contribution in [2.75, 3.05) is 13.6 Å². The van der Waals surface area contributed by atoms with E-state index in [0.29, 0.717) is 23.5 Å². The van der Waals surface area contributed by atoms with Crippen LogP contribution in [0.25, 0.3) is 4.85 Å². The second-order valence-electron chi connectivity index (χ2n) is 14.5. The lowest BCUT2D eigenvalue weighted by molar-refractivity contribution is -0.175. The average Bonchev–Trinajstić information content (AvgIpc) is 2.81. The van der Waals surface area contributed by atoms with Gasteiger partial charge in [0.05, 0.1) is 6.57 Å². The molecule has 0 radical (unpaired) electrons. The minimum atomic E-state index is -0.603. The lowest BCUT2D eigenvalue weighted by Crippen LogP contribution is -2.66. The Balaban J connectivity index is 1.70. The van der Waals surface area contributed by atoms with Crippen molar-refractivity contribution in [3.05, 3.63) is 34.8 Å². The van der Waals surface area contributed by atoms with Crippen molar-refractivity contribution in [3.63, 3.8) is 0 Å². The summed E-state index contributed by atoms with van der Waals surface area (Å²) in [6, 6.07) is 0. The Hall–Kier alpha value is -1.73. The molecule has 4 heteroatoms. The van der Waals surface area contributed by atoms with Crippen molar-refractivity contribution >= 4 is 11.6 Å². The smallest absolute Gasteiger partial charge is 0.226 e. The zero-order chi connectivity index (χ0) is 26.5. The second kappa shape index (κ2) is 7.89. The molecule has 0 aromatic rings. The largest absolute Gasteiger partial charge is 0.319 e. The summed E-state index contributed by atoms with van der Waals surface area (Å²) in [6.07, 6.45) is 10.7. The quantitative estimate of drug-likeness (QED) is 0.442. The number of carbonyl (C=O) groups excluding carboxylic acids is 2. The SMILES string of the molecule is [C-]#[N+]C1=C[C@]2(C)C3=CC(=O)[C@@H]4[C@@H]5[C@@H](C)[C@H](C)CC[C@]5(CNC)CC[C@@]4(C)[C@]3(C)CC[C@H]2C(C)(C)C1=O. The summed E-state index contributed by atoms with van der Waals surface area (Å²) in [5.41, 5.74) is 0.368. The highest BCUT2D eigenvalue weighted by atomic mass is 16.1. The molecule has 5 rings (SSSR count). The number of nitrogens with one attached hydrogen (secondary N) is 1. The van der Waals surface area contributed by atoms with Crippen LogP contribution >= 0.6 is 0 Å². The molecule has 0 saturated heterocycles. The zero-order valence-corrected chi connectivity index (χ0v) is 23.8. The van der Waals surface area contributed by atoms with E-state index in [2.05, 4.69) is 51.8 Å². The molecule has 3 saturated carbocycles. The Kier molecular flexibility index (Phi) is 5.68. The van der Waals surface area contributed by atoms with Crippen LogP contribution in [0.3, 0.4) is 0 Å². The summed E-state index contributed by atoms with van der Waals surface area (Å²) in [7, 11) is 2.07. The van der Waals surface area contributed by atoms with Crippen LogP contribution in [0.15, 0.2) is 23.4 Å². The minimum Gasteiger partial charge on any atom is -0.319 e. The van der Waals surface area contributed by atoms with Gasteiger partial charge in [0.15, 0.2) is 11.6 Å². The number of Topliss-reactive ketones (excluding diaryl/α,β-unsaturated/α-hetero) is 1. The molecule has 4 nitrogen and oxygen atoms in total. The monoisotopic (exact) mass is 490 g/mol. The molecule has 0 aromatic heterocycles. The van der Waals surface area contributed by atoms with Gasteiger partial charge in [-0.3, -0.25) is 4.79 Å². The molecule has 5 aliphatic rings. The van der Waals surface area contributed by atoms with Crippen LogP contribution in [-0.4, -0.2) is 25.2 Å². The highest BCUT2D eigenvalue weighted by molar-refractivity contribution is 6.03. The average molecular weight is 491 g/mol. The Morgan fingerprint density at radius 1 is 1.03 bits per heavy atom. The van der Waals surface area contributed by atoms with Gasteiger partial charge in [-0.15, -0.1) is 0 Å². The first-order valence-corrected chi connectivity index (χ1v) is 14.3. The van der Waals surface area contributed by atoms with Crippen LogP contribution in [0.1, 0.15) is 87.0 Å². The molecule has 0 amide bonds. The Labute approximate surface area is 218 Å². The maximum atomic E-state index is 14.4. The minimum absolute atomic E-state index is 0.0325. The van der Waals surface area contributed by atoms with Gasteiger partial charge < -0.3 is 10.1 Å². The first-order chi connectivity index (χ1) is 16.7. The maximum absolute atomic E-state index is 14.4. The molecule has 0 spiro atoms. The Morgan fingerprint density at radius 3 is 2.36 bits per heavy atom. The Morgan fingerprint density at radius 2 is 1.72 bits per heavy atom. The summed E-state index contributed by atoms with van der Waals surface area (Å²) < 4.78 is 0. The van der Waals surface area contributed by atoms with E-state index in [4.69, 9.17) is 6.57 Å². The predicted molar refractivity (Wildman–Crippen MR) is 144 cm³/mol. The fourth-order valence-corrected chi connectivity index (χ4v) is 10.6. The summed E-state index contributed by atoms with van der Waals surface area (Å²) in [5.74, 6) is 1.96. The lowest BCUT2D eigenvalue weighted by atomic mass is 9.34. The van der Waals surface area contributed by atoms with Crippen molar-refractivity contribution in [1.29, 1.82) is 0 Å². The molecule has 9 atom stereocenters. The van der Waals surface area contributed by atoms with Crippen LogP contribution in [0.2, 0.25) is 0 Å². The van der Waals surface area contributed by atoms with Gasteiger partial charge in [0.2, 0.25) is 5.70 Å². The topological polar surface area (TPSA) is 50.5 Å². The number of hydrogen-bond donors (Lipinski definition) is 1. The molecule has 196 valence electrons. The van der Waals surface area contributed by atoms with E-state index < -0.39 is 10.8 Å². The molecule has 36 heavy (non-hydrogen) atoms. The lowest BCUT2D eigenvalue weighted by Gasteiger charge is -2.69. The van der Waals surface area contributed by atoms with Gasteiger partial charge in [0.25, 0.3) is 0 Å². The molecule has 0 bridgehead atoms. The normalized spacial score (nSPS) is 49.5. The van der Waals surface area contributed by atoms with Gasteiger partial charge in [-0.2, -0.15) is 0 Å². The zero-order valence-electron chi connectivity index (χ0n) is 23.8. The van der Waals surface area contributed by atoms with E-state index in [1.54, 1.807) is 0 Å². The number of ketones is 2. The molecule has 3 fully saturated rings. The maximum Gasteiger partial charge on any atom is 0.226 e. The van der Waals surface area contributed by atoms with Crippen LogP contribution in [0, 0.1) is 63.2 Å². The fourth-order valence-electron chi connectivity index (χ4n) is 10.6. The number of allylic oxidation sites excluding steroid dienone is 4. The van der Waals surface area contributed by atoms with Crippen molar-refractivity contribution in [2.24, 2.45) is 56.7 Å². The number of fused-ring (bicyclic) bond motifs is 7. The van der Waals surface area contributed by atoms with Crippen molar-refractivity contribution < 1.29 is 9.59 Å². The molecular weight excluding hydrogens is 444 g/mol. The van der Waals surface area contributed by atoms with E-state index >= 15 is 0 Å². The van der Waals surface area contributed by atoms with Crippen molar-refractivity contribution in [1.82, 2.24) is 5.32 Å². The van der Waals surface area contributed by atoms with Gasteiger partial charge >= 0.3 is 0 Å². The summed E-state index contributed by atoms with van der Waals surface area (Å²) >= 11 is 0. The Bertz CT molecular complexity index is 1110. The predicted octanol–water partition coefficient (Wildman–Crippen LogP) is 6.63. The summed E-state index contributed by atoms with van der Waals surface area (Å²) in [6.45, 7) is 24.7. The van der Waals surface area contributed by atoms with Gasteiger partial charge in [-0.05, 0) is 91.6 Å². The molecule has 5 aliphatic carbocycles. The van der Waals surface area contributed by atoms with Gasteiger partial charge in [0.1, 0.15) is 0 Å². The molecule has 0 aliphatic heterocycles. The number of carbonyl (C=O) groups is 2. The third-order valence-electron chi connectivity index (χ3n) is 12.9.